The number of unbranched alkanes of at least 4 members (excludes halogenated alkanes) is 1. The molecule has 0 bridgehead atoms. The Hall–Kier alpha value is -2.98. The number of aryl methyl sites for hydroxylation is 1. The SMILES string of the molecule is COCCc1nc2c(N)nc3ccccc3c2n1CCCCN(C(C)=O)C1=CS(=O)(=O)C1. The second-order valence-corrected chi connectivity index (χ2v) is 9.78. The molecule has 1 aliphatic rings. The van der Waals surface area contributed by atoms with E-state index in [1.165, 1.54) is 12.3 Å². The Morgan fingerprint density at radius 2 is 2.00 bits per heavy atom. The first kappa shape index (κ1) is 22.2. The summed E-state index contributed by atoms with van der Waals surface area (Å²) in [6, 6.07) is 7.85. The van der Waals surface area contributed by atoms with Crippen molar-refractivity contribution < 1.29 is 17.9 Å². The highest BCUT2D eigenvalue weighted by Gasteiger charge is 2.29. The molecule has 2 aromatic heterocycles. The summed E-state index contributed by atoms with van der Waals surface area (Å²) in [4.78, 5) is 22.8. The number of carbonyl (C=O) groups is 1. The van der Waals surface area contributed by atoms with Crippen molar-refractivity contribution in [2.75, 3.05) is 31.7 Å². The van der Waals surface area contributed by atoms with Crippen LogP contribution in [0.4, 0.5) is 5.82 Å². The van der Waals surface area contributed by atoms with Crippen molar-refractivity contribution in [3.05, 3.63) is 41.2 Å². The highest BCUT2D eigenvalue weighted by Crippen LogP contribution is 2.29. The topological polar surface area (TPSA) is 120 Å². The van der Waals surface area contributed by atoms with Crippen molar-refractivity contribution in [2.45, 2.75) is 32.7 Å². The molecule has 0 saturated heterocycles. The Labute approximate surface area is 186 Å². The number of benzene rings is 1. The van der Waals surface area contributed by atoms with Gasteiger partial charge in [0.1, 0.15) is 11.3 Å². The molecule has 0 fully saturated rings. The number of ether oxygens (including phenoxy) is 1. The Kier molecular flexibility index (Phi) is 6.16. The molecular formula is C22H27N5O4S. The zero-order chi connectivity index (χ0) is 22.9. The lowest BCUT2D eigenvalue weighted by molar-refractivity contribution is -0.127. The van der Waals surface area contributed by atoms with Crippen LogP contribution in [0.2, 0.25) is 0 Å². The fraction of sp³-hybridized carbons (Fsp3) is 0.409. The standard InChI is InChI=1S/C22H27N5O4S/c1-15(28)26(16-13-32(29,30)14-16)10-5-6-11-27-19(9-12-31-2)25-20-21(27)17-7-3-4-8-18(17)24-22(20)23/h3-4,7-8,13H,5-6,9-12,14H2,1-2H3,(H2,23,24). The zero-order valence-electron chi connectivity index (χ0n) is 18.2. The number of para-hydroxylation sites is 1. The molecule has 2 N–H and O–H groups in total. The van der Waals surface area contributed by atoms with E-state index in [4.69, 9.17) is 15.5 Å². The Bertz CT molecular complexity index is 1310. The predicted molar refractivity (Wildman–Crippen MR) is 124 cm³/mol. The van der Waals surface area contributed by atoms with Gasteiger partial charge in [0, 0.05) is 44.6 Å². The van der Waals surface area contributed by atoms with E-state index in [-0.39, 0.29) is 11.7 Å². The average molecular weight is 458 g/mol. The minimum absolute atomic E-state index is 0.0713. The van der Waals surface area contributed by atoms with E-state index in [2.05, 4.69) is 9.55 Å². The average Bonchev–Trinajstić information content (AvgIpc) is 3.09. The van der Waals surface area contributed by atoms with Crippen LogP contribution in [0.25, 0.3) is 21.9 Å². The molecule has 0 saturated carbocycles. The summed E-state index contributed by atoms with van der Waals surface area (Å²) < 4.78 is 30.3. The molecule has 170 valence electrons. The fourth-order valence-electron chi connectivity index (χ4n) is 4.10. The molecule has 0 radical (unpaired) electrons. The van der Waals surface area contributed by atoms with Crippen molar-refractivity contribution >= 4 is 43.5 Å². The lowest BCUT2D eigenvalue weighted by Gasteiger charge is -2.28. The molecule has 0 spiro atoms. The third-order valence-electron chi connectivity index (χ3n) is 5.62. The highest BCUT2D eigenvalue weighted by atomic mass is 32.2. The first-order chi connectivity index (χ1) is 15.3. The number of imidazole rings is 1. The molecule has 9 nitrogen and oxygen atoms in total. The van der Waals surface area contributed by atoms with Gasteiger partial charge in [-0.15, -0.1) is 0 Å². The van der Waals surface area contributed by atoms with Gasteiger partial charge in [0.15, 0.2) is 15.7 Å². The number of methoxy groups -OCH3 is 1. The molecule has 1 aliphatic heterocycles. The summed E-state index contributed by atoms with van der Waals surface area (Å²) >= 11 is 0. The minimum Gasteiger partial charge on any atom is -0.384 e. The number of anilines is 1. The number of sulfone groups is 1. The van der Waals surface area contributed by atoms with Crippen molar-refractivity contribution in [3.8, 4) is 0 Å². The van der Waals surface area contributed by atoms with Gasteiger partial charge in [0.25, 0.3) is 0 Å². The summed E-state index contributed by atoms with van der Waals surface area (Å²) in [6.07, 6.45) is 2.15. The number of fused-ring (bicyclic) bond motifs is 3. The van der Waals surface area contributed by atoms with E-state index in [0.717, 1.165) is 35.1 Å². The first-order valence-electron chi connectivity index (χ1n) is 10.5. The van der Waals surface area contributed by atoms with Gasteiger partial charge in [-0.1, -0.05) is 18.2 Å². The fourth-order valence-corrected chi connectivity index (χ4v) is 5.17. The largest absolute Gasteiger partial charge is 0.384 e. The second-order valence-electron chi connectivity index (χ2n) is 7.93. The number of nitrogens with zero attached hydrogens (tertiary/aromatic N) is 4. The smallest absolute Gasteiger partial charge is 0.223 e. The van der Waals surface area contributed by atoms with Crippen molar-refractivity contribution in [1.82, 2.24) is 19.4 Å². The number of rotatable bonds is 9. The van der Waals surface area contributed by atoms with Crippen LogP contribution in [0, 0.1) is 0 Å². The van der Waals surface area contributed by atoms with Gasteiger partial charge < -0.3 is 19.9 Å². The molecule has 0 atom stereocenters. The first-order valence-corrected chi connectivity index (χ1v) is 12.3. The van der Waals surface area contributed by atoms with Crippen molar-refractivity contribution in [2.24, 2.45) is 0 Å². The molecule has 0 unspecified atom stereocenters. The molecule has 4 rings (SSSR count). The summed E-state index contributed by atoms with van der Waals surface area (Å²) in [5.41, 5.74) is 9.24. The maximum absolute atomic E-state index is 12.0. The van der Waals surface area contributed by atoms with E-state index < -0.39 is 9.84 Å². The molecule has 10 heteroatoms. The molecule has 32 heavy (non-hydrogen) atoms. The maximum Gasteiger partial charge on any atom is 0.223 e. The molecule has 0 aliphatic carbocycles. The number of carbonyl (C=O) groups excluding carboxylic acids is 1. The van der Waals surface area contributed by atoms with E-state index in [9.17, 15) is 13.2 Å². The number of pyridine rings is 1. The van der Waals surface area contributed by atoms with Gasteiger partial charge in [0.2, 0.25) is 5.91 Å². The third kappa shape index (κ3) is 4.33. The predicted octanol–water partition coefficient (Wildman–Crippen LogP) is 2.25. The number of nitrogen functional groups attached to an aromatic ring is 1. The van der Waals surface area contributed by atoms with Crippen LogP contribution in [-0.4, -0.2) is 59.8 Å². The number of nitrogens with two attached hydrogens (primary N) is 1. The van der Waals surface area contributed by atoms with Gasteiger partial charge in [-0.2, -0.15) is 0 Å². The third-order valence-corrected chi connectivity index (χ3v) is 6.95. The van der Waals surface area contributed by atoms with Crippen LogP contribution in [0.5, 0.6) is 0 Å². The van der Waals surface area contributed by atoms with Crippen LogP contribution in [0.15, 0.2) is 35.4 Å². The monoisotopic (exact) mass is 457 g/mol. The Balaban J connectivity index is 1.58. The van der Waals surface area contributed by atoms with E-state index in [1.54, 1.807) is 12.0 Å². The van der Waals surface area contributed by atoms with Crippen LogP contribution >= 0.6 is 0 Å². The zero-order valence-corrected chi connectivity index (χ0v) is 19.1. The Morgan fingerprint density at radius 3 is 2.69 bits per heavy atom. The molecule has 3 aromatic rings. The molecule has 3 heterocycles. The lowest BCUT2D eigenvalue weighted by Crippen LogP contribution is -2.36. The normalized spacial score (nSPS) is 15.0. The van der Waals surface area contributed by atoms with E-state index in [0.29, 0.717) is 43.1 Å². The van der Waals surface area contributed by atoms with Crippen molar-refractivity contribution in [3.63, 3.8) is 0 Å². The summed E-state index contributed by atoms with van der Waals surface area (Å²) in [6.45, 7) is 3.16. The quantitative estimate of drug-likeness (QED) is 0.489. The molecular weight excluding hydrogens is 430 g/mol. The molecule has 1 aromatic carbocycles. The second kappa shape index (κ2) is 8.87. The molecule has 1 amide bonds. The van der Waals surface area contributed by atoms with E-state index in [1.807, 2.05) is 24.3 Å². The van der Waals surface area contributed by atoms with Crippen LogP contribution < -0.4 is 5.73 Å². The number of amides is 1. The summed E-state index contributed by atoms with van der Waals surface area (Å²) in [5.74, 6) is 1.06. The Morgan fingerprint density at radius 1 is 1.25 bits per heavy atom. The van der Waals surface area contributed by atoms with Crippen LogP contribution in [-0.2, 0) is 32.3 Å². The van der Waals surface area contributed by atoms with Gasteiger partial charge in [-0.25, -0.2) is 18.4 Å². The van der Waals surface area contributed by atoms with Crippen molar-refractivity contribution in [1.29, 1.82) is 0 Å². The van der Waals surface area contributed by atoms with Gasteiger partial charge in [-0.3, -0.25) is 4.79 Å². The van der Waals surface area contributed by atoms with Gasteiger partial charge >= 0.3 is 0 Å². The summed E-state index contributed by atoms with van der Waals surface area (Å²) in [7, 11) is -1.48. The maximum atomic E-state index is 12.0. The number of hydrogen-bond donors (Lipinski definition) is 1. The number of aromatic nitrogens is 3. The van der Waals surface area contributed by atoms with Gasteiger partial charge in [0.05, 0.1) is 28.8 Å². The van der Waals surface area contributed by atoms with Crippen LogP contribution in [0.3, 0.4) is 0 Å². The minimum atomic E-state index is -3.14. The number of hydrogen-bond acceptors (Lipinski definition) is 7. The van der Waals surface area contributed by atoms with Gasteiger partial charge in [-0.05, 0) is 18.9 Å². The van der Waals surface area contributed by atoms with E-state index >= 15 is 0 Å². The van der Waals surface area contributed by atoms with Crippen LogP contribution in [0.1, 0.15) is 25.6 Å². The lowest BCUT2D eigenvalue weighted by atomic mass is 10.2. The summed E-state index contributed by atoms with van der Waals surface area (Å²) in [5, 5.41) is 2.17. The highest BCUT2D eigenvalue weighted by molar-refractivity contribution is 7.95.